The van der Waals surface area contributed by atoms with Gasteiger partial charge in [0, 0.05) is 24.7 Å². The van der Waals surface area contributed by atoms with Crippen molar-refractivity contribution in [3.05, 3.63) is 48.0 Å². The lowest BCUT2D eigenvalue weighted by atomic mass is 10.1. The van der Waals surface area contributed by atoms with Crippen molar-refractivity contribution in [2.24, 2.45) is 0 Å². The van der Waals surface area contributed by atoms with Crippen LogP contribution in [-0.2, 0) is 4.74 Å². The Bertz CT molecular complexity index is 731. The average Bonchev–Trinajstić information content (AvgIpc) is 2.60. The van der Waals surface area contributed by atoms with E-state index in [1.807, 2.05) is 19.9 Å². The summed E-state index contributed by atoms with van der Waals surface area (Å²) in [6.07, 6.45) is 1.81. The molecule has 0 N–H and O–H groups in total. The summed E-state index contributed by atoms with van der Waals surface area (Å²) in [5.41, 5.74) is 0.499. The number of carbonyl (C=O) groups excluding carboxylic acids is 1. The Labute approximate surface area is 150 Å². The molecule has 25 heavy (non-hydrogen) atoms. The van der Waals surface area contributed by atoms with Crippen LogP contribution in [0.4, 0.5) is 10.2 Å². The second-order valence-corrected chi connectivity index (χ2v) is 7.09. The number of thioether (sulfide) groups is 1. The zero-order valence-electron chi connectivity index (χ0n) is 14.2. The number of aromatic nitrogens is 2. The molecule has 132 valence electrons. The Morgan fingerprint density at radius 3 is 2.60 bits per heavy atom. The van der Waals surface area contributed by atoms with E-state index in [9.17, 15) is 9.18 Å². The SMILES string of the molecule is CC1CN(c2cc(SCC(=O)c3ccc(F)cc3)ncn2)CC(C)O1. The number of hydrogen-bond acceptors (Lipinski definition) is 6. The Morgan fingerprint density at radius 2 is 1.92 bits per heavy atom. The van der Waals surface area contributed by atoms with E-state index in [2.05, 4.69) is 14.9 Å². The van der Waals surface area contributed by atoms with Gasteiger partial charge in [0.25, 0.3) is 0 Å². The molecule has 1 aliphatic rings. The zero-order valence-corrected chi connectivity index (χ0v) is 15.0. The van der Waals surface area contributed by atoms with Crippen LogP contribution < -0.4 is 4.90 Å². The third-order valence-electron chi connectivity index (χ3n) is 3.89. The highest BCUT2D eigenvalue weighted by molar-refractivity contribution is 7.99. The predicted octanol–water partition coefficient (Wildman–Crippen LogP) is 3.20. The first-order chi connectivity index (χ1) is 12.0. The zero-order chi connectivity index (χ0) is 17.8. The molecular formula is C18H20FN3O2S. The molecule has 0 aliphatic carbocycles. The number of carbonyl (C=O) groups is 1. The van der Waals surface area contributed by atoms with E-state index in [1.165, 1.54) is 42.4 Å². The van der Waals surface area contributed by atoms with Gasteiger partial charge in [-0.3, -0.25) is 4.79 Å². The summed E-state index contributed by atoms with van der Waals surface area (Å²) < 4.78 is 18.7. The van der Waals surface area contributed by atoms with Crippen LogP contribution in [0.3, 0.4) is 0 Å². The summed E-state index contributed by atoms with van der Waals surface area (Å²) >= 11 is 1.36. The number of halogens is 1. The fraction of sp³-hybridized carbons (Fsp3) is 0.389. The molecule has 1 aromatic heterocycles. The summed E-state index contributed by atoms with van der Waals surface area (Å²) in [5, 5.41) is 0.743. The summed E-state index contributed by atoms with van der Waals surface area (Å²) in [5.74, 6) is 0.684. The molecule has 7 heteroatoms. The third-order valence-corrected chi connectivity index (χ3v) is 4.81. The van der Waals surface area contributed by atoms with Crippen molar-refractivity contribution >= 4 is 23.4 Å². The Hall–Kier alpha value is -1.99. The molecule has 0 radical (unpaired) electrons. The minimum absolute atomic E-state index is 0.0567. The molecule has 0 amide bonds. The summed E-state index contributed by atoms with van der Waals surface area (Å²) in [7, 11) is 0. The number of ketones is 1. The number of nitrogens with zero attached hydrogens (tertiary/aromatic N) is 3. The fourth-order valence-corrected chi connectivity index (χ4v) is 3.56. The molecule has 2 aromatic rings. The number of anilines is 1. The van der Waals surface area contributed by atoms with Crippen LogP contribution in [0.2, 0.25) is 0 Å². The van der Waals surface area contributed by atoms with Crippen LogP contribution in [0.1, 0.15) is 24.2 Å². The van der Waals surface area contributed by atoms with Gasteiger partial charge in [-0.05, 0) is 38.1 Å². The number of morpholine rings is 1. The number of benzene rings is 1. The molecule has 2 unspecified atom stereocenters. The average molecular weight is 361 g/mol. The highest BCUT2D eigenvalue weighted by Gasteiger charge is 2.23. The lowest BCUT2D eigenvalue weighted by Gasteiger charge is -2.36. The molecule has 2 heterocycles. The van der Waals surface area contributed by atoms with Crippen LogP contribution in [0.25, 0.3) is 0 Å². The second-order valence-electron chi connectivity index (χ2n) is 6.10. The molecule has 0 saturated carbocycles. The molecular weight excluding hydrogens is 341 g/mol. The molecule has 0 bridgehead atoms. The van der Waals surface area contributed by atoms with Crippen molar-refractivity contribution in [3.8, 4) is 0 Å². The van der Waals surface area contributed by atoms with Gasteiger partial charge in [-0.25, -0.2) is 14.4 Å². The molecule has 0 spiro atoms. The van der Waals surface area contributed by atoms with Gasteiger partial charge in [0.05, 0.1) is 18.0 Å². The van der Waals surface area contributed by atoms with E-state index in [4.69, 9.17) is 4.74 Å². The smallest absolute Gasteiger partial charge is 0.173 e. The van der Waals surface area contributed by atoms with Crippen molar-refractivity contribution < 1.29 is 13.9 Å². The van der Waals surface area contributed by atoms with Gasteiger partial charge in [-0.15, -0.1) is 0 Å². The van der Waals surface area contributed by atoms with Crippen LogP contribution in [0.15, 0.2) is 41.7 Å². The van der Waals surface area contributed by atoms with E-state index in [1.54, 1.807) is 0 Å². The standard InChI is InChI=1S/C18H20FN3O2S/c1-12-8-22(9-13(2)24-12)17-7-18(21-11-20-17)25-10-16(23)14-3-5-15(19)6-4-14/h3-7,11-13H,8-10H2,1-2H3. The fourth-order valence-electron chi connectivity index (χ4n) is 2.81. The minimum atomic E-state index is -0.349. The first-order valence-electron chi connectivity index (χ1n) is 8.15. The minimum Gasteiger partial charge on any atom is -0.372 e. The van der Waals surface area contributed by atoms with Crippen molar-refractivity contribution in [1.29, 1.82) is 0 Å². The molecule has 3 rings (SSSR count). The van der Waals surface area contributed by atoms with Crippen LogP contribution in [0, 0.1) is 5.82 Å². The number of rotatable bonds is 5. The van der Waals surface area contributed by atoms with Crippen LogP contribution in [-0.4, -0.2) is 46.8 Å². The normalized spacial score (nSPS) is 20.5. The number of Topliss-reactive ketones (excluding diaryl/α,β-unsaturated/α-hetero) is 1. The topological polar surface area (TPSA) is 55.3 Å². The van der Waals surface area contributed by atoms with Gasteiger partial charge < -0.3 is 9.64 Å². The van der Waals surface area contributed by atoms with E-state index in [0.29, 0.717) is 5.56 Å². The van der Waals surface area contributed by atoms with Gasteiger partial charge in [0.2, 0.25) is 0 Å². The van der Waals surface area contributed by atoms with E-state index < -0.39 is 0 Å². The summed E-state index contributed by atoms with van der Waals surface area (Å²) in [4.78, 5) is 22.9. The largest absolute Gasteiger partial charge is 0.372 e. The maximum Gasteiger partial charge on any atom is 0.173 e. The lowest BCUT2D eigenvalue weighted by Crippen LogP contribution is -2.45. The molecule has 2 atom stereocenters. The Morgan fingerprint density at radius 1 is 1.24 bits per heavy atom. The molecule has 1 aliphatic heterocycles. The molecule has 1 fully saturated rings. The summed E-state index contributed by atoms with van der Waals surface area (Å²) in [6, 6.07) is 7.48. The monoisotopic (exact) mass is 361 g/mol. The van der Waals surface area contributed by atoms with Crippen LogP contribution >= 0.6 is 11.8 Å². The highest BCUT2D eigenvalue weighted by Crippen LogP contribution is 2.23. The Balaban J connectivity index is 1.63. The van der Waals surface area contributed by atoms with Crippen molar-refractivity contribution in [2.45, 2.75) is 31.1 Å². The third kappa shape index (κ3) is 4.76. The summed E-state index contributed by atoms with van der Waals surface area (Å²) in [6.45, 7) is 5.64. The molecule has 1 saturated heterocycles. The predicted molar refractivity (Wildman–Crippen MR) is 95.7 cm³/mol. The second kappa shape index (κ2) is 7.93. The van der Waals surface area contributed by atoms with E-state index in [-0.39, 0.29) is 29.6 Å². The van der Waals surface area contributed by atoms with Gasteiger partial charge >= 0.3 is 0 Å². The van der Waals surface area contributed by atoms with Gasteiger partial charge in [0.1, 0.15) is 23.0 Å². The van der Waals surface area contributed by atoms with Gasteiger partial charge in [0.15, 0.2) is 5.78 Å². The van der Waals surface area contributed by atoms with Crippen molar-refractivity contribution in [2.75, 3.05) is 23.7 Å². The van der Waals surface area contributed by atoms with E-state index >= 15 is 0 Å². The number of ether oxygens (including phenoxy) is 1. The quantitative estimate of drug-likeness (QED) is 0.463. The maximum atomic E-state index is 12.9. The lowest BCUT2D eigenvalue weighted by molar-refractivity contribution is -0.00548. The Kier molecular flexibility index (Phi) is 5.65. The van der Waals surface area contributed by atoms with Gasteiger partial charge in [-0.1, -0.05) is 11.8 Å². The van der Waals surface area contributed by atoms with Crippen molar-refractivity contribution in [3.63, 3.8) is 0 Å². The first-order valence-corrected chi connectivity index (χ1v) is 9.14. The van der Waals surface area contributed by atoms with E-state index in [0.717, 1.165) is 23.9 Å². The first kappa shape index (κ1) is 17.8. The van der Waals surface area contributed by atoms with Gasteiger partial charge in [-0.2, -0.15) is 0 Å². The number of hydrogen-bond donors (Lipinski definition) is 0. The van der Waals surface area contributed by atoms with Crippen LogP contribution in [0.5, 0.6) is 0 Å². The maximum absolute atomic E-state index is 12.9. The molecule has 5 nitrogen and oxygen atoms in total. The molecule has 1 aromatic carbocycles. The van der Waals surface area contributed by atoms with Crippen molar-refractivity contribution in [1.82, 2.24) is 9.97 Å². The highest BCUT2D eigenvalue weighted by atomic mass is 32.2.